The molecule has 8 nitrogen and oxygen atoms in total. The van der Waals surface area contributed by atoms with E-state index in [2.05, 4.69) is 45.8 Å². The first-order valence-corrected chi connectivity index (χ1v) is 18.2. The van der Waals surface area contributed by atoms with Crippen LogP contribution in [0, 0.1) is 17.5 Å². The van der Waals surface area contributed by atoms with Crippen molar-refractivity contribution in [2.45, 2.75) is 64.1 Å². The lowest BCUT2D eigenvalue weighted by Crippen LogP contribution is -2.52. The average Bonchev–Trinajstić information content (AvgIpc) is 3.14. The van der Waals surface area contributed by atoms with Gasteiger partial charge in [0, 0.05) is 37.0 Å². The number of carbonyl (C=O) groups excluding carboxylic acids is 2. The molecule has 2 aliphatic heterocycles. The number of halogens is 3. The Bertz CT molecular complexity index is 1790. The van der Waals surface area contributed by atoms with Crippen LogP contribution in [0.15, 0.2) is 77.8 Å². The lowest BCUT2D eigenvalue weighted by molar-refractivity contribution is 0.0570. The highest BCUT2D eigenvalue weighted by Gasteiger charge is 2.43. The molecule has 0 unspecified atom stereocenters. The van der Waals surface area contributed by atoms with Crippen LogP contribution >= 0.6 is 0 Å². The molecule has 2 aromatic carbocycles. The maximum Gasteiger partial charge on any atom is 0.275 e. The van der Waals surface area contributed by atoms with E-state index in [9.17, 15) is 27.6 Å². The number of rotatable bonds is 9. The van der Waals surface area contributed by atoms with Crippen molar-refractivity contribution in [2.75, 3.05) is 13.2 Å². The van der Waals surface area contributed by atoms with Gasteiger partial charge in [0.25, 0.3) is 11.8 Å². The standard InChI is InChI=1S/C35H38F3N3O5Si/c1-21-12-13-24(20-46-47(5,6)35(2,3)4)40-18-29(21)41-17-26(33(43)39-16-25-27(37)14-23(36)15-28(25)38)31(42)32(30(41)34(40)44)45-19-22-10-8-7-9-11-22/h7-15,17,24,29H,1,16,18-20H2,2-6H3,(H,39,43)/t24-,29-/m1/s1. The molecule has 0 spiro atoms. The van der Waals surface area contributed by atoms with E-state index < -0.39 is 72.8 Å². The summed E-state index contributed by atoms with van der Waals surface area (Å²) in [6.45, 7) is 14.6. The molecule has 0 fully saturated rings. The normalized spacial score (nSPS) is 17.7. The van der Waals surface area contributed by atoms with Gasteiger partial charge in [0.05, 0.1) is 18.7 Å². The molecular weight excluding hydrogens is 627 g/mol. The number of nitrogens with one attached hydrogen (secondary N) is 1. The van der Waals surface area contributed by atoms with Gasteiger partial charge in [-0.05, 0) is 29.3 Å². The fourth-order valence-electron chi connectivity index (χ4n) is 5.27. The molecule has 12 heteroatoms. The number of allylic oxidation sites excluding steroid dienone is 1. The summed E-state index contributed by atoms with van der Waals surface area (Å²) < 4.78 is 56.0. The molecule has 2 atom stereocenters. The number of nitrogens with zero attached hydrogens (tertiary/aromatic N) is 2. The maximum absolute atomic E-state index is 14.3. The van der Waals surface area contributed by atoms with Gasteiger partial charge in [0.1, 0.15) is 29.6 Å². The van der Waals surface area contributed by atoms with Gasteiger partial charge in [-0.15, -0.1) is 0 Å². The third kappa shape index (κ3) is 6.84. The number of carbonyl (C=O) groups is 2. The summed E-state index contributed by atoms with van der Waals surface area (Å²) in [6, 6.07) is 8.99. The predicted octanol–water partition coefficient (Wildman–Crippen LogP) is 6.29. The summed E-state index contributed by atoms with van der Waals surface area (Å²) in [5.41, 5.74) is -0.548. The van der Waals surface area contributed by atoms with E-state index in [-0.39, 0.29) is 36.2 Å². The molecule has 3 aromatic rings. The molecule has 1 aromatic heterocycles. The monoisotopic (exact) mass is 665 g/mol. The van der Waals surface area contributed by atoms with Crippen LogP contribution in [0.4, 0.5) is 13.2 Å². The second kappa shape index (κ2) is 13.0. The maximum atomic E-state index is 14.3. The third-order valence-corrected chi connectivity index (χ3v) is 13.6. The topological polar surface area (TPSA) is 89.9 Å². The first-order chi connectivity index (χ1) is 22.1. The minimum absolute atomic E-state index is 0.0449. The Hall–Kier alpha value is -4.42. The van der Waals surface area contributed by atoms with Crippen molar-refractivity contribution in [1.29, 1.82) is 0 Å². The van der Waals surface area contributed by atoms with Gasteiger partial charge in [0.15, 0.2) is 19.8 Å². The first kappa shape index (κ1) is 33.9. The summed E-state index contributed by atoms with van der Waals surface area (Å²) in [5.74, 6) is -5.24. The molecule has 0 saturated heterocycles. The van der Waals surface area contributed by atoms with Crippen molar-refractivity contribution in [3.63, 3.8) is 0 Å². The van der Waals surface area contributed by atoms with Crippen LogP contribution in [-0.2, 0) is 17.6 Å². The zero-order valence-corrected chi connectivity index (χ0v) is 28.0. The number of aromatic nitrogens is 1. The van der Waals surface area contributed by atoms with Crippen molar-refractivity contribution in [3.8, 4) is 5.75 Å². The Balaban J connectivity index is 1.54. The van der Waals surface area contributed by atoms with Gasteiger partial charge in [-0.1, -0.05) is 69.8 Å². The van der Waals surface area contributed by atoms with Crippen LogP contribution in [0.1, 0.15) is 58.8 Å². The van der Waals surface area contributed by atoms with E-state index in [1.807, 2.05) is 18.2 Å². The molecule has 0 saturated carbocycles. The lowest BCUT2D eigenvalue weighted by atomic mass is 10.0. The number of amides is 2. The quantitative estimate of drug-likeness (QED) is 0.272. The van der Waals surface area contributed by atoms with Crippen LogP contribution in [0.5, 0.6) is 5.75 Å². The van der Waals surface area contributed by atoms with Gasteiger partial charge in [-0.2, -0.15) is 0 Å². The number of benzene rings is 2. The van der Waals surface area contributed by atoms with E-state index in [0.29, 0.717) is 17.7 Å². The molecule has 248 valence electrons. The SMILES string of the molecule is C=C1C=C[C@H](CO[Si](C)(C)C(C)(C)C)N2C[C@H]1n1cc(C(=O)NCc3c(F)cc(F)cc3F)c(=O)c(OCc3ccccc3)c1C2=O. The molecule has 2 aliphatic rings. The van der Waals surface area contributed by atoms with Crippen molar-refractivity contribution in [1.82, 2.24) is 14.8 Å². The van der Waals surface area contributed by atoms with Crippen LogP contribution in [0.3, 0.4) is 0 Å². The van der Waals surface area contributed by atoms with Gasteiger partial charge >= 0.3 is 0 Å². The smallest absolute Gasteiger partial charge is 0.275 e. The molecule has 47 heavy (non-hydrogen) atoms. The molecule has 1 N–H and O–H groups in total. The number of hydrogen-bond donors (Lipinski definition) is 1. The highest BCUT2D eigenvalue weighted by atomic mass is 28.4. The van der Waals surface area contributed by atoms with Gasteiger partial charge < -0.3 is 23.9 Å². The summed E-state index contributed by atoms with van der Waals surface area (Å²) in [4.78, 5) is 43.3. The number of ether oxygens (including phenoxy) is 1. The third-order valence-electron chi connectivity index (χ3n) is 9.15. The number of fused-ring (bicyclic) bond motifs is 4. The first-order valence-electron chi connectivity index (χ1n) is 15.3. The minimum atomic E-state index is -2.17. The van der Waals surface area contributed by atoms with Crippen LogP contribution in [0.25, 0.3) is 0 Å². The van der Waals surface area contributed by atoms with Crippen molar-refractivity contribution < 1.29 is 31.9 Å². The Morgan fingerprint density at radius 1 is 1.09 bits per heavy atom. The van der Waals surface area contributed by atoms with E-state index in [0.717, 1.165) is 5.56 Å². The fourth-order valence-corrected chi connectivity index (χ4v) is 6.29. The second-order valence-corrected chi connectivity index (χ2v) is 18.1. The molecule has 2 amide bonds. The van der Waals surface area contributed by atoms with Crippen molar-refractivity contribution in [3.05, 3.63) is 123 Å². The molecule has 0 aliphatic carbocycles. The average molecular weight is 666 g/mol. The predicted molar refractivity (Wildman–Crippen MR) is 174 cm³/mol. The minimum Gasteiger partial charge on any atom is -0.483 e. The lowest BCUT2D eigenvalue weighted by Gasteiger charge is -2.41. The second-order valence-electron chi connectivity index (χ2n) is 13.3. The Labute approximate surface area is 272 Å². The van der Waals surface area contributed by atoms with Gasteiger partial charge in [-0.3, -0.25) is 14.4 Å². The zero-order valence-electron chi connectivity index (χ0n) is 27.0. The molecular formula is C35H38F3N3O5Si. The summed E-state index contributed by atoms with van der Waals surface area (Å²) >= 11 is 0. The molecule has 0 radical (unpaired) electrons. The van der Waals surface area contributed by atoms with Crippen LogP contribution < -0.4 is 15.5 Å². The molecule has 3 heterocycles. The Kier molecular flexibility index (Phi) is 9.38. The van der Waals surface area contributed by atoms with E-state index in [1.54, 1.807) is 29.2 Å². The summed E-state index contributed by atoms with van der Waals surface area (Å²) in [7, 11) is -2.17. The van der Waals surface area contributed by atoms with E-state index in [1.165, 1.54) is 10.8 Å². The van der Waals surface area contributed by atoms with Crippen molar-refractivity contribution in [2.24, 2.45) is 0 Å². The fraction of sp³-hybridized carbons (Fsp3) is 0.343. The zero-order chi connectivity index (χ0) is 34.3. The summed E-state index contributed by atoms with van der Waals surface area (Å²) in [5, 5.41) is 2.30. The molecule has 2 bridgehead atoms. The summed E-state index contributed by atoms with van der Waals surface area (Å²) in [6.07, 6.45) is 4.93. The molecule has 5 rings (SSSR count). The van der Waals surface area contributed by atoms with Crippen molar-refractivity contribution >= 4 is 20.1 Å². The highest BCUT2D eigenvalue weighted by Crippen LogP contribution is 2.38. The van der Waals surface area contributed by atoms with Gasteiger partial charge in [0.2, 0.25) is 5.43 Å². The van der Waals surface area contributed by atoms with Gasteiger partial charge in [-0.25, -0.2) is 13.2 Å². The van der Waals surface area contributed by atoms with E-state index >= 15 is 0 Å². The highest BCUT2D eigenvalue weighted by molar-refractivity contribution is 6.74. The van der Waals surface area contributed by atoms with E-state index in [4.69, 9.17) is 9.16 Å². The largest absolute Gasteiger partial charge is 0.483 e. The Morgan fingerprint density at radius 2 is 1.74 bits per heavy atom. The number of hydrogen-bond acceptors (Lipinski definition) is 5. The van der Waals surface area contributed by atoms with Crippen LogP contribution in [-0.4, -0.2) is 48.8 Å². The Morgan fingerprint density at radius 3 is 2.38 bits per heavy atom. The number of pyridine rings is 1. The van der Waals surface area contributed by atoms with Crippen LogP contribution in [0.2, 0.25) is 18.1 Å².